The SMILES string of the molecule is NC(=O)CC(NC(=O)C(CCCN=C(N)N)NC(=O)C(CC(=O)O)NC(=O)C(N)CC(=O)O)C(=O)O. The molecule has 0 saturated heterocycles. The molecule has 0 saturated carbocycles. The van der Waals surface area contributed by atoms with Gasteiger partial charge in [-0.25, -0.2) is 4.79 Å². The second kappa shape index (κ2) is 15.4. The van der Waals surface area contributed by atoms with Gasteiger partial charge in [0.25, 0.3) is 0 Å². The van der Waals surface area contributed by atoms with Crippen LogP contribution in [0.2, 0.25) is 0 Å². The lowest BCUT2D eigenvalue weighted by Crippen LogP contribution is -2.57. The van der Waals surface area contributed by atoms with Crippen molar-refractivity contribution in [2.75, 3.05) is 6.54 Å². The fourth-order valence-corrected chi connectivity index (χ4v) is 2.66. The Kier molecular flexibility index (Phi) is 13.5. The topological polar surface area (TPSA) is 333 Å². The van der Waals surface area contributed by atoms with Gasteiger partial charge in [-0.3, -0.25) is 33.8 Å². The van der Waals surface area contributed by atoms with E-state index in [9.17, 15) is 38.7 Å². The van der Waals surface area contributed by atoms with Crippen LogP contribution >= 0.6 is 0 Å². The molecular formula is C18H30N8O10. The maximum Gasteiger partial charge on any atom is 0.326 e. The molecule has 4 unspecified atom stereocenters. The van der Waals surface area contributed by atoms with Crippen molar-refractivity contribution in [1.29, 1.82) is 0 Å². The fraction of sp³-hybridized carbons (Fsp3) is 0.556. The maximum atomic E-state index is 12.7. The molecule has 36 heavy (non-hydrogen) atoms. The molecule has 0 radical (unpaired) electrons. The summed E-state index contributed by atoms with van der Waals surface area (Å²) in [6, 6.07) is -6.59. The molecule has 4 atom stereocenters. The van der Waals surface area contributed by atoms with Crippen LogP contribution < -0.4 is 38.9 Å². The lowest BCUT2D eigenvalue weighted by molar-refractivity contribution is -0.144. The number of hydrogen-bond donors (Lipinski definition) is 10. The van der Waals surface area contributed by atoms with Gasteiger partial charge in [-0.2, -0.15) is 0 Å². The lowest BCUT2D eigenvalue weighted by Gasteiger charge is -2.24. The minimum absolute atomic E-state index is 0.00492. The molecule has 0 aromatic carbocycles. The molecule has 0 heterocycles. The zero-order valence-electron chi connectivity index (χ0n) is 19.0. The summed E-state index contributed by atoms with van der Waals surface area (Å²) in [5, 5.41) is 33.2. The number of carboxylic acids is 3. The normalized spacial score (nSPS) is 13.7. The van der Waals surface area contributed by atoms with Crippen LogP contribution in [-0.2, 0) is 33.6 Å². The van der Waals surface area contributed by atoms with Crippen molar-refractivity contribution in [2.45, 2.75) is 56.3 Å². The van der Waals surface area contributed by atoms with Gasteiger partial charge in [0.15, 0.2) is 5.96 Å². The first-order valence-electron chi connectivity index (χ1n) is 10.3. The highest BCUT2D eigenvalue weighted by atomic mass is 16.4. The monoisotopic (exact) mass is 518 g/mol. The highest BCUT2D eigenvalue weighted by Gasteiger charge is 2.32. The molecule has 0 aliphatic carbocycles. The summed E-state index contributed by atoms with van der Waals surface area (Å²) in [5.41, 5.74) is 20.8. The number of carboxylic acid groups (broad SMARTS) is 3. The van der Waals surface area contributed by atoms with Crippen LogP contribution in [0.1, 0.15) is 32.1 Å². The van der Waals surface area contributed by atoms with Crippen molar-refractivity contribution >= 4 is 47.5 Å². The summed E-state index contributed by atoms with van der Waals surface area (Å²) >= 11 is 0. The molecule has 0 aliphatic rings. The van der Waals surface area contributed by atoms with Crippen molar-refractivity contribution in [3.05, 3.63) is 0 Å². The van der Waals surface area contributed by atoms with Crippen molar-refractivity contribution in [2.24, 2.45) is 27.9 Å². The number of primary amides is 1. The van der Waals surface area contributed by atoms with Crippen molar-refractivity contribution in [3.8, 4) is 0 Å². The quantitative estimate of drug-likeness (QED) is 0.0489. The molecule has 0 spiro atoms. The largest absolute Gasteiger partial charge is 0.481 e. The minimum atomic E-state index is -1.77. The zero-order valence-corrected chi connectivity index (χ0v) is 19.0. The van der Waals surface area contributed by atoms with E-state index in [0.29, 0.717) is 0 Å². The van der Waals surface area contributed by atoms with Gasteiger partial charge in [0.05, 0.1) is 25.3 Å². The van der Waals surface area contributed by atoms with Gasteiger partial charge in [0.1, 0.15) is 18.1 Å². The summed E-state index contributed by atoms with van der Waals surface area (Å²) in [6.07, 6.45) is -2.61. The Morgan fingerprint density at radius 1 is 0.694 bits per heavy atom. The minimum Gasteiger partial charge on any atom is -0.481 e. The number of amides is 4. The molecule has 14 N–H and O–H groups in total. The van der Waals surface area contributed by atoms with Gasteiger partial charge in [-0.15, -0.1) is 0 Å². The number of aliphatic imine (C=N–C) groups is 1. The number of aliphatic carboxylic acids is 3. The molecule has 4 amide bonds. The van der Waals surface area contributed by atoms with E-state index in [1.165, 1.54) is 0 Å². The van der Waals surface area contributed by atoms with Crippen LogP contribution in [0.5, 0.6) is 0 Å². The first-order valence-corrected chi connectivity index (χ1v) is 10.3. The number of nitrogens with two attached hydrogens (primary N) is 4. The first kappa shape index (κ1) is 31.5. The van der Waals surface area contributed by atoms with Gasteiger partial charge < -0.3 is 54.2 Å². The third-order valence-electron chi connectivity index (χ3n) is 4.34. The Bertz CT molecular complexity index is 889. The summed E-state index contributed by atoms with van der Waals surface area (Å²) < 4.78 is 0. The number of carbonyl (C=O) groups is 7. The summed E-state index contributed by atoms with van der Waals surface area (Å²) in [4.78, 5) is 85.5. The molecule has 0 aromatic rings. The highest BCUT2D eigenvalue weighted by Crippen LogP contribution is 2.04. The molecule has 0 aromatic heterocycles. The second-order valence-corrected chi connectivity index (χ2v) is 7.44. The lowest BCUT2D eigenvalue weighted by atomic mass is 10.1. The second-order valence-electron chi connectivity index (χ2n) is 7.44. The summed E-state index contributed by atoms with van der Waals surface area (Å²) in [6.45, 7) is 0.00492. The predicted octanol–water partition coefficient (Wildman–Crippen LogP) is -5.27. The maximum absolute atomic E-state index is 12.7. The van der Waals surface area contributed by atoms with Crippen LogP contribution in [0, 0.1) is 0 Å². The average molecular weight is 518 g/mol. The number of guanidine groups is 1. The Morgan fingerprint density at radius 2 is 1.19 bits per heavy atom. The molecule has 202 valence electrons. The molecule has 0 fully saturated rings. The molecule has 0 bridgehead atoms. The van der Waals surface area contributed by atoms with Crippen LogP contribution in [0.4, 0.5) is 0 Å². The Balaban J connectivity index is 5.69. The van der Waals surface area contributed by atoms with Crippen molar-refractivity contribution < 1.29 is 48.9 Å². The number of rotatable bonds is 17. The molecule has 18 nitrogen and oxygen atoms in total. The van der Waals surface area contributed by atoms with Gasteiger partial charge in [0.2, 0.25) is 23.6 Å². The molecule has 0 aliphatic heterocycles. The highest BCUT2D eigenvalue weighted by molar-refractivity contribution is 5.96. The number of nitrogens with one attached hydrogen (secondary N) is 3. The average Bonchev–Trinajstić information content (AvgIpc) is 2.73. The van der Waals surface area contributed by atoms with E-state index < -0.39 is 85.0 Å². The third-order valence-corrected chi connectivity index (χ3v) is 4.34. The van der Waals surface area contributed by atoms with E-state index in [2.05, 4.69) is 10.3 Å². The van der Waals surface area contributed by atoms with E-state index in [0.717, 1.165) is 0 Å². The predicted molar refractivity (Wildman–Crippen MR) is 120 cm³/mol. The van der Waals surface area contributed by atoms with Crippen LogP contribution in [0.3, 0.4) is 0 Å². The van der Waals surface area contributed by atoms with Gasteiger partial charge in [-0.05, 0) is 12.8 Å². The van der Waals surface area contributed by atoms with Crippen molar-refractivity contribution in [1.82, 2.24) is 16.0 Å². The van der Waals surface area contributed by atoms with Gasteiger partial charge >= 0.3 is 17.9 Å². The van der Waals surface area contributed by atoms with Crippen molar-refractivity contribution in [3.63, 3.8) is 0 Å². The van der Waals surface area contributed by atoms with E-state index >= 15 is 0 Å². The van der Waals surface area contributed by atoms with Gasteiger partial charge in [0, 0.05) is 6.54 Å². The van der Waals surface area contributed by atoms with Crippen LogP contribution in [0.25, 0.3) is 0 Å². The Hall–Kier alpha value is -4.48. The first-order chi connectivity index (χ1) is 16.6. The molecule has 0 rings (SSSR count). The van der Waals surface area contributed by atoms with E-state index in [-0.39, 0.29) is 25.3 Å². The summed E-state index contributed by atoms with van der Waals surface area (Å²) in [7, 11) is 0. The summed E-state index contributed by atoms with van der Waals surface area (Å²) in [5.74, 6) is -9.19. The van der Waals surface area contributed by atoms with Crippen LogP contribution in [-0.4, -0.2) is 93.5 Å². The number of nitrogens with zero attached hydrogens (tertiary/aromatic N) is 1. The number of hydrogen-bond acceptors (Lipinski definition) is 9. The van der Waals surface area contributed by atoms with Crippen LogP contribution in [0.15, 0.2) is 4.99 Å². The van der Waals surface area contributed by atoms with E-state index in [1.807, 2.05) is 10.6 Å². The molecule has 18 heteroatoms. The Labute approximate surface area is 203 Å². The Morgan fingerprint density at radius 3 is 1.67 bits per heavy atom. The standard InChI is InChI=1S/C18H30N8O10/c19-7(4-12(28)29)14(32)25-9(6-13(30)31)16(34)24-8(2-1-3-23-18(21)22)15(33)26-10(17(35)36)5-11(20)27/h7-10H,1-6,19H2,(H2,20,27)(H,24,34)(H,25,32)(H,26,33)(H,28,29)(H,30,31)(H,35,36)(H4,21,22,23). The van der Waals surface area contributed by atoms with Gasteiger partial charge in [-0.1, -0.05) is 0 Å². The fourth-order valence-electron chi connectivity index (χ4n) is 2.66. The smallest absolute Gasteiger partial charge is 0.326 e. The zero-order chi connectivity index (χ0) is 28.0. The van der Waals surface area contributed by atoms with E-state index in [1.54, 1.807) is 0 Å². The third kappa shape index (κ3) is 13.3. The van der Waals surface area contributed by atoms with E-state index in [4.69, 9.17) is 33.1 Å². The number of carbonyl (C=O) groups excluding carboxylic acids is 4. The molecular weight excluding hydrogens is 488 g/mol.